The van der Waals surface area contributed by atoms with Crippen LogP contribution in [0.2, 0.25) is 0 Å². The van der Waals surface area contributed by atoms with E-state index in [1.807, 2.05) is 0 Å². The Bertz CT molecular complexity index is 535. The lowest BCUT2D eigenvalue weighted by Gasteiger charge is -2.04. The van der Waals surface area contributed by atoms with Crippen LogP contribution in [0.1, 0.15) is 17.9 Å². The van der Waals surface area contributed by atoms with Crippen molar-refractivity contribution in [2.45, 2.75) is 12.3 Å². The number of carboxylic acid groups (broad SMARTS) is 1. The number of carboxylic acids is 1. The maximum Gasteiger partial charge on any atom is 0.307 e. The van der Waals surface area contributed by atoms with E-state index < -0.39 is 16.0 Å². The smallest absolute Gasteiger partial charge is 0.307 e. The summed E-state index contributed by atoms with van der Waals surface area (Å²) in [5.74, 6) is -0.989. The minimum Gasteiger partial charge on any atom is -0.481 e. The second-order valence-corrected chi connectivity index (χ2v) is 6.03. The van der Waals surface area contributed by atoms with Crippen LogP contribution in [-0.2, 0) is 14.8 Å². The molecular weight excluding hydrogens is 242 g/mol. The Morgan fingerprint density at radius 2 is 1.94 bits per heavy atom. The monoisotopic (exact) mass is 255 g/mol. The zero-order valence-electron chi connectivity index (χ0n) is 9.25. The Hall–Kier alpha value is -1.56. The minimum atomic E-state index is -3.26. The predicted molar refractivity (Wildman–Crippen MR) is 63.4 cm³/mol. The number of rotatable bonds is 4. The molecule has 0 radical (unpaired) electrons. The minimum absolute atomic E-state index is 0.0692. The molecule has 1 aliphatic rings. The molecule has 6 heteroatoms. The van der Waals surface area contributed by atoms with Crippen molar-refractivity contribution >= 4 is 21.7 Å². The lowest BCUT2D eigenvalue weighted by atomic mass is 10.1. The highest BCUT2D eigenvalue weighted by Gasteiger charge is 2.43. The number of hydrogen-bond donors (Lipinski definition) is 2. The van der Waals surface area contributed by atoms with Crippen molar-refractivity contribution in [3.8, 4) is 0 Å². The van der Waals surface area contributed by atoms with Crippen molar-refractivity contribution in [2.24, 2.45) is 5.92 Å². The lowest BCUT2D eigenvalue weighted by molar-refractivity contribution is -0.138. The highest BCUT2D eigenvalue weighted by molar-refractivity contribution is 7.92. The molecule has 2 rings (SSSR count). The molecule has 1 aromatic rings. The van der Waals surface area contributed by atoms with E-state index in [1.165, 1.54) is 0 Å². The summed E-state index contributed by atoms with van der Waals surface area (Å²) in [5.41, 5.74) is 1.43. The highest BCUT2D eigenvalue weighted by atomic mass is 32.2. The fourth-order valence-corrected chi connectivity index (χ4v) is 2.41. The van der Waals surface area contributed by atoms with E-state index in [4.69, 9.17) is 5.11 Å². The molecule has 0 saturated heterocycles. The van der Waals surface area contributed by atoms with Gasteiger partial charge in [-0.05, 0) is 30.0 Å². The van der Waals surface area contributed by atoms with Crippen molar-refractivity contribution in [2.75, 3.05) is 11.0 Å². The molecule has 0 aromatic heterocycles. The quantitative estimate of drug-likeness (QED) is 0.848. The second-order valence-electron chi connectivity index (χ2n) is 4.28. The normalized spacial score (nSPS) is 23.1. The molecule has 2 atom stereocenters. The van der Waals surface area contributed by atoms with Crippen molar-refractivity contribution in [3.05, 3.63) is 29.8 Å². The second kappa shape index (κ2) is 4.03. The largest absolute Gasteiger partial charge is 0.481 e. The Labute approximate surface area is 99.5 Å². The van der Waals surface area contributed by atoms with Gasteiger partial charge in [-0.15, -0.1) is 0 Å². The summed E-state index contributed by atoms with van der Waals surface area (Å²) in [5, 5.41) is 8.80. The van der Waals surface area contributed by atoms with Gasteiger partial charge in [0.25, 0.3) is 0 Å². The van der Waals surface area contributed by atoms with E-state index in [-0.39, 0.29) is 11.8 Å². The molecule has 5 nitrogen and oxygen atoms in total. The molecular formula is C11H13NO4S. The summed E-state index contributed by atoms with van der Waals surface area (Å²) in [6.45, 7) is 0. The molecule has 0 spiro atoms. The summed E-state index contributed by atoms with van der Waals surface area (Å²) in [6.07, 6.45) is 1.75. The van der Waals surface area contributed by atoms with Crippen LogP contribution in [0.4, 0.5) is 5.69 Å². The third-order valence-corrected chi connectivity index (χ3v) is 3.36. The molecule has 0 heterocycles. The van der Waals surface area contributed by atoms with E-state index in [9.17, 15) is 13.2 Å². The van der Waals surface area contributed by atoms with Crippen LogP contribution in [0.25, 0.3) is 0 Å². The van der Waals surface area contributed by atoms with Gasteiger partial charge in [-0.2, -0.15) is 0 Å². The first-order valence-electron chi connectivity index (χ1n) is 5.17. The molecule has 0 bridgehead atoms. The van der Waals surface area contributed by atoms with Crippen LogP contribution in [0.3, 0.4) is 0 Å². The van der Waals surface area contributed by atoms with Gasteiger partial charge < -0.3 is 5.11 Å². The van der Waals surface area contributed by atoms with Crippen molar-refractivity contribution in [1.82, 2.24) is 0 Å². The standard InChI is InChI=1S/C11H13NO4S/c1-17(15,16)12-8-4-2-7(3-5-8)9-6-10(9)11(13)14/h2-5,9-10,12H,6H2,1H3,(H,13,14). The number of sulfonamides is 1. The van der Waals surface area contributed by atoms with Gasteiger partial charge in [0.1, 0.15) is 0 Å². The third-order valence-electron chi connectivity index (χ3n) is 2.75. The van der Waals surface area contributed by atoms with Gasteiger partial charge in [0.2, 0.25) is 10.0 Å². The SMILES string of the molecule is CS(=O)(=O)Nc1ccc(C2CC2C(=O)O)cc1. The zero-order valence-corrected chi connectivity index (χ0v) is 10.1. The first-order valence-corrected chi connectivity index (χ1v) is 7.06. The Balaban J connectivity index is 2.07. The molecule has 0 amide bonds. The summed E-state index contributed by atoms with van der Waals surface area (Å²) in [4.78, 5) is 10.7. The fourth-order valence-electron chi connectivity index (χ4n) is 1.85. The number of nitrogens with one attached hydrogen (secondary N) is 1. The van der Waals surface area contributed by atoms with Crippen molar-refractivity contribution < 1.29 is 18.3 Å². The average Bonchev–Trinajstić information content (AvgIpc) is 2.96. The molecule has 0 aliphatic heterocycles. The van der Waals surface area contributed by atoms with Crippen LogP contribution in [-0.4, -0.2) is 25.7 Å². The van der Waals surface area contributed by atoms with Gasteiger partial charge >= 0.3 is 5.97 Å². The first kappa shape index (κ1) is 11.9. The summed E-state index contributed by atoms with van der Waals surface area (Å²) < 4.78 is 24.3. The zero-order chi connectivity index (χ0) is 12.6. The third kappa shape index (κ3) is 2.97. The predicted octanol–water partition coefficient (Wildman–Crippen LogP) is 1.25. The summed E-state index contributed by atoms with van der Waals surface area (Å²) >= 11 is 0. The topological polar surface area (TPSA) is 83.5 Å². The van der Waals surface area contributed by atoms with Crippen LogP contribution in [0, 0.1) is 5.92 Å². The summed E-state index contributed by atoms with van der Waals surface area (Å²) in [7, 11) is -3.26. The van der Waals surface area contributed by atoms with E-state index in [0.29, 0.717) is 12.1 Å². The number of benzene rings is 1. The van der Waals surface area contributed by atoms with Gasteiger partial charge in [0.05, 0.1) is 12.2 Å². The maximum atomic E-state index is 11.0. The van der Waals surface area contributed by atoms with Crippen molar-refractivity contribution in [3.63, 3.8) is 0 Å². The Morgan fingerprint density at radius 3 is 2.35 bits per heavy atom. The van der Waals surface area contributed by atoms with Crippen LogP contribution in [0.15, 0.2) is 24.3 Å². The first-order chi connectivity index (χ1) is 7.87. The van der Waals surface area contributed by atoms with Gasteiger partial charge in [0.15, 0.2) is 0 Å². The maximum absolute atomic E-state index is 11.0. The average molecular weight is 255 g/mol. The molecule has 1 aliphatic carbocycles. The van der Waals surface area contributed by atoms with Gasteiger partial charge in [0, 0.05) is 5.69 Å². The molecule has 2 unspecified atom stereocenters. The highest BCUT2D eigenvalue weighted by Crippen LogP contribution is 2.47. The van der Waals surface area contributed by atoms with Crippen molar-refractivity contribution in [1.29, 1.82) is 0 Å². The van der Waals surface area contributed by atoms with E-state index in [0.717, 1.165) is 11.8 Å². The van der Waals surface area contributed by atoms with Gasteiger partial charge in [-0.1, -0.05) is 12.1 Å². The Morgan fingerprint density at radius 1 is 1.35 bits per heavy atom. The fraction of sp³-hybridized carbons (Fsp3) is 0.364. The number of anilines is 1. The molecule has 92 valence electrons. The molecule has 2 N–H and O–H groups in total. The number of hydrogen-bond acceptors (Lipinski definition) is 3. The van der Waals surface area contributed by atoms with Crippen LogP contribution < -0.4 is 4.72 Å². The summed E-state index contributed by atoms with van der Waals surface area (Å²) in [6, 6.07) is 6.82. The number of carbonyl (C=O) groups is 1. The van der Waals surface area contributed by atoms with Gasteiger partial charge in [-0.3, -0.25) is 9.52 Å². The molecule has 17 heavy (non-hydrogen) atoms. The molecule has 1 fully saturated rings. The van der Waals surface area contributed by atoms with Crippen LogP contribution in [0.5, 0.6) is 0 Å². The number of aliphatic carboxylic acids is 1. The van der Waals surface area contributed by atoms with E-state index >= 15 is 0 Å². The Kier molecular flexibility index (Phi) is 2.82. The molecule has 1 aromatic carbocycles. The lowest BCUT2D eigenvalue weighted by Crippen LogP contribution is -2.09. The van der Waals surface area contributed by atoms with Crippen LogP contribution >= 0.6 is 0 Å². The van der Waals surface area contributed by atoms with E-state index in [2.05, 4.69) is 4.72 Å². The molecule has 1 saturated carbocycles. The van der Waals surface area contributed by atoms with Gasteiger partial charge in [-0.25, -0.2) is 8.42 Å². The van der Waals surface area contributed by atoms with E-state index in [1.54, 1.807) is 24.3 Å².